The minimum Gasteiger partial charge on any atom is -0.322 e. The topological polar surface area (TPSA) is 17.8 Å². The van der Waals surface area contributed by atoms with Gasteiger partial charge in [0.2, 0.25) is 0 Å². The molecule has 1 heterocycles. The van der Waals surface area contributed by atoms with Gasteiger partial charge in [0.05, 0.1) is 11.2 Å². The van der Waals surface area contributed by atoms with E-state index >= 15 is 0 Å². The quantitative estimate of drug-likeness (QED) is 0.798. The summed E-state index contributed by atoms with van der Waals surface area (Å²) >= 11 is 2.09. The van der Waals surface area contributed by atoms with E-state index in [1.165, 1.54) is 32.1 Å². The molecule has 4 aliphatic carbocycles. The summed E-state index contributed by atoms with van der Waals surface area (Å²) in [6.45, 7) is 0. The molecule has 3 heteroatoms. The average molecular weight is 248 g/mol. The molecule has 0 radical (unpaired) electrons. The summed E-state index contributed by atoms with van der Waals surface area (Å²) in [7, 11) is 0. The monoisotopic (exact) mass is 248 g/mol. The Kier molecular flexibility index (Phi) is 2.18. The van der Waals surface area contributed by atoms with Gasteiger partial charge >= 0.3 is 0 Å². The third-order valence-corrected chi connectivity index (χ3v) is 7.07. The third kappa shape index (κ3) is 1.26. The van der Waals surface area contributed by atoms with Crippen LogP contribution in [0.25, 0.3) is 0 Å². The van der Waals surface area contributed by atoms with Crippen molar-refractivity contribution >= 4 is 11.8 Å². The van der Waals surface area contributed by atoms with Crippen LogP contribution in [0.2, 0.25) is 0 Å². The number of rotatable bonds is 2. The first kappa shape index (κ1) is 10.5. The molecule has 0 aliphatic heterocycles. The van der Waals surface area contributed by atoms with Gasteiger partial charge in [-0.3, -0.25) is 0 Å². The molecule has 0 N–H and O–H groups in total. The Morgan fingerprint density at radius 1 is 1.12 bits per heavy atom. The van der Waals surface area contributed by atoms with E-state index in [2.05, 4.69) is 40.1 Å². The van der Waals surface area contributed by atoms with Gasteiger partial charge in [-0.15, -0.1) is 11.8 Å². The highest BCUT2D eigenvalue weighted by Crippen LogP contribution is 2.64. The number of hydrogen-bond acceptors (Lipinski definition) is 2. The van der Waals surface area contributed by atoms with Crippen molar-refractivity contribution in [3.63, 3.8) is 0 Å². The molecule has 4 saturated carbocycles. The smallest absolute Gasteiger partial charge is 0.0965 e. The first-order chi connectivity index (χ1) is 8.33. The van der Waals surface area contributed by atoms with Crippen LogP contribution >= 0.6 is 11.8 Å². The summed E-state index contributed by atoms with van der Waals surface area (Å²) in [5.41, 5.74) is 0. The lowest BCUT2D eigenvalue weighted by Crippen LogP contribution is -2.56. The maximum absolute atomic E-state index is 4.30. The van der Waals surface area contributed by atoms with Crippen molar-refractivity contribution in [2.75, 3.05) is 6.26 Å². The first-order valence-electron chi connectivity index (χ1n) is 6.86. The molecule has 2 nitrogen and oxygen atoms in total. The summed E-state index contributed by atoms with van der Waals surface area (Å²) < 4.78 is 2.44. The molecular weight excluding hydrogens is 228 g/mol. The zero-order chi connectivity index (χ0) is 11.5. The van der Waals surface area contributed by atoms with E-state index in [1.807, 2.05) is 6.20 Å². The molecule has 92 valence electrons. The van der Waals surface area contributed by atoms with E-state index < -0.39 is 0 Å². The van der Waals surface area contributed by atoms with Gasteiger partial charge in [0, 0.05) is 12.4 Å². The van der Waals surface area contributed by atoms with E-state index in [1.54, 1.807) is 0 Å². The second kappa shape index (κ2) is 3.53. The van der Waals surface area contributed by atoms with Crippen molar-refractivity contribution in [2.24, 2.45) is 23.7 Å². The van der Waals surface area contributed by atoms with Gasteiger partial charge in [0.25, 0.3) is 0 Å². The highest BCUT2D eigenvalue weighted by molar-refractivity contribution is 7.99. The van der Waals surface area contributed by atoms with E-state index in [-0.39, 0.29) is 0 Å². The van der Waals surface area contributed by atoms with E-state index in [9.17, 15) is 0 Å². The predicted octanol–water partition coefficient (Wildman–Crippen LogP) is 3.36. The molecule has 5 rings (SSSR count). The van der Waals surface area contributed by atoms with Gasteiger partial charge in [-0.1, -0.05) is 0 Å². The number of hydrogen-bond donors (Lipinski definition) is 0. The van der Waals surface area contributed by atoms with Crippen molar-refractivity contribution < 1.29 is 0 Å². The SMILES string of the molecule is CSC1(n2ccnc2)C2CC3CC(C2)CC1C3. The van der Waals surface area contributed by atoms with Crippen molar-refractivity contribution in [3.8, 4) is 0 Å². The predicted molar refractivity (Wildman–Crippen MR) is 70.8 cm³/mol. The van der Waals surface area contributed by atoms with E-state index in [0.29, 0.717) is 4.87 Å². The molecule has 0 saturated heterocycles. The average Bonchev–Trinajstić information content (AvgIpc) is 2.83. The second-order valence-electron chi connectivity index (χ2n) is 6.23. The summed E-state index contributed by atoms with van der Waals surface area (Å²) in [5, 5.41) is 0. The third-order valence-electron chi connectivity index (χ3n) is 5.54. The zero-order valence-corrected chi connectivity index (χ0v) is 11.2. The molecule has 0 atom stereocenters. The van der Waals surface area contributed by atoms with E-state index in [4.69, 9.17) is 0 Å². The lowest BCUT2D eigenvalue weighted by atomic mass is 9.53. The molecule has 1 aromatic heterocycles. The standard InChI is InChI=1S/C14H20N2S/c1-17-14(16-3-2-15-9-16)12-5-10-4-11(7-12)8-13(14)6-10/h2-3,9-13H,4-8H2,1H3. The van der Waals surface area contributed by atoms with Crippen LogP contribution in [0.3, 0.4) is 0 Å². The summed E-state index contributed by atoms with van der Waals surface area (Å²) in [6.07, 6.45) is 15.9. The number of nitrogens with zero attached hydrogens (tertiary/aromatic N) is 2. The number of imidazole rings is 1. The number of aromatic nitrogens is 2. The fourth-order valence-electron chi connectivity index (χ4n) is 5.19. The first-order valence-corrected chi connectivity index (χ1v) is 8.09. The molecule has 4 bridgehead atoms. The van der Waals surface area contributed by atoms with Crippen molar-refractivity contribution in [1.82, 2.24) is 9.55 Å². The summed E-state index contributed by atoms with van der Waals surface area (Å²) in [4.78, 5) is 4.63. The van der Waals surface area contributed by atoms with E-state index in [0.717, 1.165) is 23.7 Å². The molecule has 4 fully saturated rings. The van der Waals surface area contributed by atoms with Crippen LogP contribution in [0.15, 0.2) is 18.7 Å². The Morgan fingerprint density at radius 2 is 1.76 bits per heavy atom. The Bertz CT molecular complexity index is 384. The van der Waals surface area contributed by atoms with Gasteiger partial charge in [-0.2, -0.15) is 0 Å². The highest BCUT2D eigenvalue weighted by atomic mass is 32.2. The lowest BCUT2D eigenvalue weighted by Gasteiger charge is -2.61. The molecule has 0 aromatic carbocycles. The molecule has 0 spiro atoms. The Balaban J connectivity index is 1.81. The lowest BCUT2D eigenvalue weighted by molar-refractivity contribution is -0.0481. The largest absolute Gasteiger partial charge is 0.322 e. The normalized spacial score (nSPS) is 47.6. The Labute approximate surface area is 107 Å². The van der Waals surface area contributed by atoms with Crippen molar-refractivity contribution in [3.05, 3.63) is 18.7 Å². The van der Waals surface area contributed by atoms with Gasteiger partial charge in [0.1, 0.15) is 0 Å². The Hall–Kier alpha value is -0.440. The number of thioether (sulfide) groups is 1. The zero-order valence-electron chi connectivity index (χ0n) is 10.4. The molecule has 4 aliphatic rings. The van der Waals surface area contributed by atoms with Crippen LogP contribution < -0.4 is 0 Å². The highest BCUT2D eigenvalue weighted by Gasteiger charge is 2.57. The van der Waals surface area contributed by atoms with Crippen LogP contribution in [0.1, 0.15) is 32.1 Å². The fourth-order valence-corrected chi connectivity index (χ4v) is 6.56. The Morgan fingerprint density at radius 3 is 2.24 bits per heavy atom. The van der Waals surface area contributed by atoms with Crippen LogP contribution in [0, 0.1) is 23.7 Å². The fraction of sp³-hybridized carbons (Fsp3) is 0.786. The van der Waals surface area contributed by atoms with Crippen LogP contribution in [-0.4, -0.2) is 15.8 Å². The molecular formula is C14H20N2S. The van der Waals surface area contributed by atoms with Gasteiger partial charge in [-0.05, 0) is 62.0 Å². The minimum atomic E-state index is 0.337. The molecule has 0 unspecified atom stereocenters. The van der Waals surface area contributed by atoms with Gasteiger partial charge in [0.15, 0.2) is 0 Å². The minimum absolute atomic E-state index is 0.337. The van der Waals surface area contributed by atoms with Crippen molar-refractivity contribution in [2.45, 2.75) is 37.0 Å². The maximum atomic E-state index is 4.30. The molecule has 1 aromatic rings. The van der Waals surface area contributed by atoms with Crippen LogP contribution in [0.5, 0.6) is 0 Å². The molecule has 17 heavy (non-hydrogen) atoms. The second-order valence-corrected chi connectivity index (χ2v) is 7.29. The summed E-state index contributed by atoms with van der Waals surface area (Å²) in [6, 6.07) is 0. The van der Waals surface area contributed by atoms with Gasteiger partial charge < -0.3 is 4.57 Å². The molecule has 0 amide bonds. The van der Waals surface area contributed by atoms with Crippen molar-refractivity contribution in [1.29, 1.82) is 0 Å². The summed E-state index contributed by atoms with van der Waals surface area (Å²) in [5.74, 6) is 3.87. The van der Waals surface area contributed by atoms with Gasteiger partial charge in [-0.25, -0.2) is 4.98 Å². The van der Waals surface area contributed by atoms with Crippen LogP contribution in [-0.2, 0) is 4.87 Å². The van der Waals surface area contributed by atoms with Crippen LogP contribution in [0.4, 0.5) is 0 Å². The maximum Gasteiger partial charge on any atom is 0.0965 e.